The number of nitrogens with one attached hydrogen (secondary N) is 3. The van der Waals surface area contributed by atoms with Gasteiger partial charge in [-0.05, 0) is 61.9 Å². The van der Waals surface area contributed by atoms with Crippen LogP contribution in [0, 0.1) is 5.92 Å². The Labute approximate surface area is 192 Å². The highest BCUT2D eigenvalue weighted by Crippen LogP contribution is 2.31. The Morgan fingerprint density at radius 2 is 1.74 bits per heavy atom. The molecule has 3 N–H and O–H groups in total. The molecule has 1 saturated heterocycles. The van der Waals surface area contributed by atoms with Gasteiger partial charge in [-0.2, -0.15) is 0 Å². The minimum Gasteiger partial charge on any atom is -0.371 e. The molecule has 1 heterocycles. The Balaban J connectivity index is 1.52. The third-order valence-corrected chi connectivity index (χ3v) is 6.55. The minimum atomic E-state index is -0.461. The number of anilines is 3. The summed E-state index contributed by atoms with van der Waals surface area (Å²) in [5.41, 5.74) is 2.44. The van der Waals surface area contributed by atoms with Crippen molar-refractivity contribution in [2.75, 3.05) is 28.6 Å². The SMILES string of the molecule is CC1CCN(c2ccc(NC(=O)Nc3cccc(Cl)c3Cl)cc2C(=O)NC2CC2)CC1. The molecule has 0 radical (unpaired) electrons. The average Bonchev–Trinajstić information content (AvgIpc) is 3.56. The first-order valence-corrected chi connectivity index (χ1v) is 11.4. The van der Waals surface area contributed by atoms with Crippen molar-refractivity contribution in [3.8, 4) is 0 Å². The van der Waals surface area contributed by atoms with E-state index in [9.17, 15) is 9.59 Å². The number of hydrogen-bond donors (Lipinski definition) is 3. The number of nitrogens with zero attached hydrogens (tertiary/aromatic N) is 1. The van der Waals surface area contributed by atoms with Crippen molar-refractivity contribution in [1.82, 2.24) is 5.32 Å². The number of urea groups is 1. The number of benzene rings is 2. The molecule has 164 valence electrons. The summed E-state index contributed by atoms with van der Waals surface area (Å²) < 4.78 is 0. The van der Waals surface area contributed by atoms with Crippen LogP contribution in [0.2, 0.25) is 10.0 Å². The molecule has 1 saturated carbocycles. The van der Waals surface area contributed by atoms with Gasteiger partial charge in [-0.3, -0.25) is 4.79 Å². The Morgan fingerprint density at radius 3 is 2.45 bits per heavy atom. The highest BCUT2D eigenvalue weighted by Gasteiger charge is 2.27. The van der Waals surface area contributed by atoms with Crippen molar-refractivity contribution in [2.24, 2.45) is 5.92 Å². The van der Waals surface area contributed by atoms with Gasteiger partial charge in [-0.1, -0.05) is 36.2 Å². The second-order valence-electron chi connectivity index (χ2n) is 8.33. The third kappa shape index (κ3) is 5.43. The lowest BCUT2D eigenvalue weighted by Gasteiger charge is -2.33. The van der Waals surface area contributed by atoms with Crippen LogP contribution >= 0.6 is 23.2 Å². The molecule has 0 spiro atoms. The van der Waals surface area contributed by atoms with E-state index >= 15 is 0 Å². The Kier molecular flexibility index (Phi) is 6.58. The van der Waals surface area contributed by atoms with Crippen molar-refractivity contribution in [3.05, 3.63) is 52.0 Å². The van der Waals surface area contributed by atoms with Crippen molar-refractivity contribution in [1.29, 1.82) is 0 Å². The van der Waals surface area contributed by atoms with Crippen molar-refractivity contribution in [2.45, 2.75) is 38.6 Å². The van der Waals surface area contributed by atoms with E-state index < -0.39 is 6.03 Å². The van der Waals surface area contributed by atoms with Gasteiger partial charge >= 0.3 is 6.03 Å². The molecule has 4 rings (SSSR count). The van der Waals surface area contributed by atoms with Crippen molar-refractivity contribution >= 4 is 52.2 Å². The summed E-state index contributed by atoms with van der Waals surface area (Å²) in [5, 5.41) is 9.19. The molecule has 2 fully saturated rings. The topological polar surface area (TPSA) is 73.5 Å². The molecule has 0 bridgehead atoms. The van der Waals surface area contributed by atoms with Crippen LogP contribution in [0.3, 0.4) is 0 Å². The molecule has 1 aliphatic carbocycles. The van der Waals surface area contributed by atoms with E-state index in [1.165, 1.54) is 0 Å². The molecule has 0 atom stereocenters. The maximum atomic E-state index is 12.9. The second kappa shape index (κ2) is 9.37. The summed E-state index contributed by atoms with van der Waals surface area (Å²) in [6, 6.07) is 10.3. The van der Waals surface area contributed by atoms with E-state index in [0.29, 0.717) is 27.9 Å². The highest BCUT2D eigenvalue weighted by atomic mass is 35.5. The molecule has 6 nitrogen and oxygen atoms in total. The predicted octanol–water partition coefficient (Wildman–Crippen LogP) is 5.77. The molecular formula is C23H26Cl2N4O2. The summed E-state index contributed by atoms with van der Waals surface area (Å²) in [6.45, 7) is 4.10. The van der Waals surface area contributed by atoms with E-state index in [-0.39, 0.29) is 17.0 Å². The monoisotopic (exact) mass is 460 g/mol. The van der Waals surface area contributed by atoms with Crippen LogP contribution in [0.15, 0.2) is 36.4 Å². The summed E-state index contributed by atoms with van der Waals surface area (Å²) >= 11 is 12.2. The first-order chi connectivity index (χ1) is 14.9. The van der Waals surface area contributed by atoms with Gasteiger partial charge in [0.15, 0.2) is 0 Å². The molecule has 0 unspecified atom stereocenters. The largest absolute Gasteiger partial charge is 0.371 e. The highest BCUT2D eigenvalue weighted by molar-refractivity contribution is 6.44. The molecule has 1 aliphatic heterocycles. The molecule has 8 heteroatoms. The van der Waals surface area contributed by atoms with E-state index in [4.69, 9.17) is 23.2 Å². The minimum absolute atomic E-state index is 0.0990. The normalized spacial score (nSPS) is 16.7. The van der Waals surface area contributed by atoms with Crippen LogP contribution in [-0.2, 0) is 0 Å². The first-order valence-electron chi connectivity index (χ1n) is 10.6. The zero-order valence-electron chi connectivity index (χ0n) is 17.4. The van der Waals surface area contributed by atoms with Gasteiger partial charge in [0.25, 0.3) is 5.91 Å². The zero-order chi connectivity index (χ0) is 22.0. The second-order valence-corrected chi connectivity index (χ2v) is 9.11. The number of halogens is 2. The molecule has 0 aromatic heterocycles. The maximum Gasteiger partial charge on any atom is 0.323 e. The number of amides is 3. The van der Waals surface area contributed by atoms with Crippen LogP contribution in [0.5, 0.6) is 0 Å². The Bertz CT molecular complexity index is 986. The maximum absolute atomic E-state index is 12.9. The van der Waals surface area contributed by atoms with Gasteiger partial charge in [-0.15, -0.1) is 0 Å². The van der Waals surface area contributed by atoms with Crippen LogP contribution in [0.25, 0.3) is 0 Å². The Hall–Kier alpha value is -2.44. The predicted molar refractivity (Wildman–Crippen MR) is 127 cm³/mol. The standard InChI is InChI=1S/C23H26Cl2N4O2/c1-14-9-11-29(12-10-14)20-8-7-16(13-17(20)22(30)26-15-5-6-15)27-23(31)28-19-4-2-3-18(24)21(19)25/h2-4,7-8,13-15H,5-6,9-12H2,1H3,(H,26,30)(H2,27,28,31). The Morgan fingerprint density at radius 1 is 1.00 bits per heavy atom. The smallest absolute Gasteiger partial charge is 0.323 e. The lowest BCUT2D eigenvalue weighted by atomic mass is 9.98. The van der Waals surface area contributed by atoms with Gasteiger partial charge in [-0.25, -0.2) is 4.79 Å². The number of piperidine rings is 1. The molecular weight excluding hydrogens is 435 g/mol. The van der Waals surface area contributed by atoms with E-state index in [2.05, 4.69) is 27.8 Å². The molecule has 31 heavy (non-hydrogen) atoms. The van der Waals surface area contributed by atoms with Gasteiger partial charge < -0.3 is 20.9 Å². The fourth-order valence-electron chi connectivity index (χ4n) is 3.70. The lowest BCUT2D eigenvalue weighted by molar-refractivity contribution is 0.0951. The van der Waals surface area contributed by atoms with Gasteiger partial charge in [0, 0.05) is 30.5 Å². The fraction of sp³-hybridized carbons (Fsp3) is 0.391. The lowest BCUT2D eigenvalue weighted by Crippen LogP contribution is -2.35. The van der Waals surface area contributed by atoms with E-state index in [0.717, 1.165) is 44.5 Å². The van der Waals surface area contributed by atoms with Gasteiger partial charge in [0.05, 0.1) is 21.3 Å². The third-order valence-electron chi connectivity index (χ3n) is 5.74. The van der Waals surface area contributed by atoms with Crippen LogP contribution < -0.4 is 20.9 Å². The summed E-state index contributed by atoms with van der Waals surface area (Å²) in [5.74, 6) is 0.598. The van der Waals surface area contributed by atoms with Crippen molar-refractivity contribution in [3.63, 3.8) is 0 Å². The average molecular weight is 461 g/mol. The quantitative estimate of drug-likeness (QED) is 0.530. The number of carbonyl (C=O) groups excluding carboxylic acids is 2. The van der Waals surface area contributed by atoms with Gasteiger partial charge in [0.2, 0.25) is 0 Å². The zero-order valence-corrected chi connectivity index (χ0v) is 18.9. The molecule has 3 amide bonds. The van der Waals surface area contributed by atoms with E-state index in [1.807, 2.05) is 12.1 Å². The van der Waals surface area contributed by atoms with Crippen LogP contribution in [0.1, 0.15) is 43.0 Å². The van der Waals surface area contributed by atoms with E-state index in [1.54, 1.807) is 24.3 Å². The van der Waals surface area contributed by atoms with Crippen molar-refractivity contribution < 1.29 is 9.59 Å². The summed E-state index contributed by atoms with van der Waals surface area (Å²) in [4.78, 5) is 27.7. The molecule has 2 aromatic rings. The first kappa shape index (κ1) is 21.8. The fourth-order valence-corrected chi connectivity index (χ4v) is 4.04. The number of hydrogen-bond acceptors (Lipinski definition) is 3. The summed E-state index contributed by atoms with van der Waals surface area (Å²) in [7, 11) is 0. The summed E-state index contributed by atoms with van der Waals surface area (Å²) in [6.07, 6.45) is 4.24. The molecule has 2 aliphatic rings. The van der Waals surface area contributed by atoms with Crippen LogP contribution in [-0.4, -0.2) is 31.1 Å². The van der Waals surface area contributed by atoms with Gasteiger partial charge in [0.1, 0.15) is 0 Å². The number of carbonyl (C=O) groups is 2. The number of rotatable bonds is 5. The van der Waals surface area contributed by atoms with Crippen LogP contribution in [0.4, 0.5) is 21.9 Å². The molecule has 2 aromatic carbocycles.